The summed E-state index contributed by atoms with van der Waals surface area (Å²) in [5, 5.41) is 0. The Kier molecular flexibility index (Phi) is 5.70. The predicted molar refractivity (Wildman–Crippen MR) is 116 cm³/mol. The van der Waals surface area contributed by atoms with Gasteiger partial charge in [-0.3, -0.25) is 14.3 Å². The minimum absolute atomic E-state index is 0.0253. The molecule has 1 atom stereocenters. The van der Waals surface area contributed by atoms with Crippen molar-refractivity contribution in [1.29, 1.82) is 0 Å². The highest BCUT2D eigenvalue weighted by Crippen LogP contribution is 2.28. The van der Waals surface area contributed by atoms with Gasteiger partial charge in [0, 0.05) is 43.2 Å². The lowest BCUT2D eigenvalue weighted by Gasteiger charge is -2.36. The molecule has 1 unspecified atom stereocenters. The van der Waals surface area contributed by atoms with Crippen molar-refractivity contribution in [2.24, 2.45) is 0 Å². The topological polar surface area (TPSA) is 69.5 Å². The molecule has 0 spiro atoms. The van der Waals surface area contributed by atoms with E-state index in [1.807, 2.05) is 30.3 Å². The van der Waals surface area contributed by atoms with E-state index < -0.39 is 0 Å². The van der Waals surface area contributed by atoms with E-state index in [9.17, 15) is 4.79 Å². The Morgan fingerprint density at radius 2 is 1.90 bits per heavy atom. The molecule has 4 rings (SSSR count). The van der Waals surface area contributed by atoms with Gasteiger partial charge in [-0.25, -0.2) is 4.98 Å². The summed E-state index contributed by atoms with van der Waals surface area (Å²) in [6.07, 6.45) is 5.07. The fourth-order valence-corrected chi connectivity index (χ4v) is 3.90. The van der Waals surface area contributed by atoms with E-state index in [1.54, 1.807) is 37.2 Å². The normalized spacial score (nSPS) is 15.6. The van der Waals surface area contributed by atoms with Crippen LogP contribution in [0.1, 0.15) is 18.9 Å². The van der Waals surface area contributed by atoms with E-state index >= 15 is 0 Å². The average molecular weight is 406 g/mol. The predicted octanol–water partition coefficient (Wildman–Crippen LogP) is 3.16. The van der Waals surface area contributed by atoms with Gasteiger partial charge in [-0.1, -0.05) is 0 Å². The Balaban J connectivity index is 1.67. The Bertz CT molecular complexity index is 1080. The monoisotopic (exact) mass is 406 g/mol. The van der Waals surface area contributed by atoms with E-state index in [1.165, 1.54) is 0 Å². The Labute approximate surface area is 175 Å². The van der Waals surface area contributed by atoms with Crippen molar-refractivity contribution in [3.05, 3.63) is 64.7 Å². The van der Waals surface area contributed by atoms with Crippen LogP contribution in [0.15, 0.2) is 53.6 Å². The standard InChI is InChI=1S/C23H26N4O3/c1-16-8-12-27-22(28)15-20(17-6-10-24-11-7-17)25-23(27)26(16)13-9-18-14-19(29-2)4-5-21(18)30-3/h4-7,10-11,14-16H,8-9,12-13H2,1-3H3. The largest absolute Gasteiger partial charge is 0.497 e. The number of hydrogen-bond donors (Lipinski definition) is 0. The minimum Gasteiger partial charge on any atom is -0.497 e. The van der Waals surface area contributed by atoms with Gasteiger partial charge in [0.05, 0.1) is 19.9 Å². The number of anilines is 1. The molecule has 0 aliphatic carbocycles. The van der Waals surface area contributed by atoms with Crippen LogP contribution < -0.4 is 19.9 Å². The van der Waals surface area contributed by atoms with Gasteiger partial charge in [-0.15, -0.1) is 0 Å². The van der Waals surface area contributed by atoms with Gasteiger partial charge < -0.3 is 14.4 Å². The van der Waals surface area contributed by atoms with Crippen molar-refractivity contribution in [2.75, 3.05) is 25.7 Å². The first-order valence-electron chi connectivity index (χ1n) is 10.1. The smallest absolute Gasteiger partial charge is 0.255 e. The second-order valence-electron chi connectivity index (χ2n) is 7.43. The van der Waals surface area contributed by atoms with Crippen LogP contribution in [0.5, 0.6) is 11.5 Å². The summed E-state index contributed by atoms with van der Waals surface area (Å²) in [7, 11) is 3.33. The first-order valence-corrected chi connectivity index (χ1v) is 10.1. The highest BCUT2D eigenvalue weighted by atomic mass is 16.5. The van der Waals surface area contributed by atoms with Crippen LogP contribution in [0.3, 0.4) is 0 Å². The number of methoxy groups -OCH3 is 2. The first-order chi connectivity index (χ1) is 14.6. The summed E-state index contributed by atoms with van der Waals surface area (Å²) < 4.78 is 12.7. The van der Waals surface area contributed by atoms with Gasteiger partial charge in [0.1, 0.15) is 11.5 Å². The molecule has 1 aromatic carbocycles. The molecule has 0 fully saturated rings. The molecule has 0 N–H and O–H groups in total. The van der Waals surface area contributed by atoms with Crippen LogP contribution in [0.25, 0.3) is 11.3 Å². The third kappa shape index (κ3) is 3.87. The number of aromatic nitrogens is 3. The molecule has 0 radical (unpaired) electrons. The quantitative estimate of drug-likeness (QED) is 0.626. The summed E-state index contributed by atoms with van der Waals surface area (Å²) >= 11 is 0. The molecule has 1 aliphatic rings. The minimum atomic E-state index is -0.0253. The highest BCUT2D eigenvalue weighted by molar-refractivity contribution is 5.60. The fraction of sp³-hybridized carbons (Fsp3) is 0.348. The van der Waals surface area contributed by atoms with Crippen molar-refractivity contribution in [3.8, 4) is 22.8 Å². The fourth-order valence-electron chi connectivity index (χ4n) is 3.90. The lowest BCUT2D eigenvalue weighted by molar-refractivity contribution is 0.397. The van der Waals surface area contributed by atoms with E-state index in [2.05, 4.69) is 16.8 Å². The maximum atomic E-state index is 12.8. The molecule has 3 aromatic rings. The summed E-state index contributed by atoms with van der Waals surface area (Å²) in [5.41, 5.74) is 2.60. The number of pyridine rings is 1. The average Bonchev–Trinajstić information content (AvgIpc) is 2.78. The van der Waals surface area contributed by atoms with Crippen molar-refractivity contribution in [2.45, 2.75) is 32.4 Å². The number of ether oxygens (including phenoxy) is 2. The lowest BCUT2D eigenvalue weighted by Crippen LogP contribution is -2.45. The molecule has 7 heteroatoms. The maximum Gasteiger partial charge on any atom is 0.255 e. The maximum absolute atomic E-state index is 12.8. The summed E-state index contributed by atoms with van der Waals surface area (Å²) in [5.74, 6) is 2.35. The highest BCUT2D eigenvalue weighted by Gasteiger charge is 2.26. The number of benzene rings is 1. The number of hydrogen-bond acceptors (Lipinski definition) is 6. The molecule has 2 aromatic heterocycles. The van der Waals surface area contributed by atoms with Crippen LogP contribution in [0, 0.1) is 0 Å². The molecule has 0 saturated heterocycles. The van der Waals surface area contributed by atoms with Gasteiger partial charge >= 0.3 is 0 Å². The first kappa shape index (κ1) is 19.9. The van der Waals surface area contributed by atoms with Gasteiger partial charge in [-0.2, -0.15) is 0 Å². The second kappa shape index (κ2) is 8.57. The number of nitrogens with zero attached hydrogens (tertiary/aromatic N) is 4. The number of fused-ring (bicyclic) bond motifs is 1. The van der Waals surface area contributed by atoms with Crippen LogP contribution in [0.4, 0.5) is 5.95 Å². The van der Waals surface area contributed by atoms with Gasteiger partial charge in [0.2, 0.25) is 5.95 Å². The SMILES string of the molecule is COc1ccc(OC)c(CCN2c3nc(-c4ccncc4)cc(=O)n3CCC2C)c1. The van der Waals surface area contributed by atoms with Crippen LogP contribution >= 0.6 is 0 Å². The molecule has 7 nitrogen and oxygen atoms in total. The van der Waals surface area contributed by atoms with Gasteiger partial charge in [0.25, 0.3) is 5.56 Å². The van der Waals surface area contributed by atoms with E-state index in [0.29, 0.717) is 12.2 Å². The Hall–Kier alpha value is -3.35. The van der Waals surface area contributed by atoms with Crippen molar-refractivity contribution in [1.82, 2.24) is 14.5 Å². The molecule has 0 saturated carbocycles. The molecule has 30 heavy (non-hydrogen) atoms. The Morgan fingerprint density at radius 1 is 1.10 bits per heavy atom. The third-order valence-corrected chi connectivity index (χ3v) is 5.63. The zero-order valence-electron chi connectivity index (χ0n) is 17.5. The molecule has 156 valence electrons. The van der Waals surface area contributed by atoms with Crippen LogP contribution in [-0.2, 0) is 13.0 Å². The Morgan fingerprint density at radius 3 is 2.63 bits per heavy atom. The van der Waals surface area contributed by atoms with E-state index in [4.69, 9.17) is 14.5 Å². The van der Waals surface area contributed by atoms with Gasteiger partial charge in [-0.05, 0) is 55.7 Å². The third-order valence-electron chi connectivity index (χ3n) is 5.63. The zero-order chi connectivity index (χ0) is 21.1. The summed E-state index contributed by atoms with van der Waals surface area (Å²) in [6, 6.07) is 11.4. The van der Waals surface area contributed by atoms with Crippen LogP contribution in [-0.4, -0.2) is 41.3 Å². The van der Waals surface area contributed by atoms with Crippen molar-refractivity contribution < 1.29 is 9.47 Å². The van der Waals surface area contributed by atoms with Crippen molar-refractivity contribution in [3.63, 3.8) is 0 Å². The molecule has 3 heterocycles. The van der Waals surface area contributed by atoms with E-state index in [0.717, 1.165) is 48.0 Å². The molecular weight excluding hydrogens is 380 g/mol. The molecule has 0 bridgehead atoms. The lowest BCUT2D eigenvalue weighted by atomic mass is 10.1. The van der Waals surface area contributed by atoms with E-state index in [-0.39, 0.29) is 11.6 Å². The summed E-state index contributed by atoms with van der Waals surface area (Å²) in [4.78, 5) is 24.0. The van der Waals surface area contributed by atoms with Gasteiger partial charge in [0.15, 0.2) is 0 Å². The molecule has 1 aliphatic heterocycles. The second-order valence-corrected chi connectivity index (χ2v) is 7.43. The molecular formula is C23H26N4O3. The summed E-state index contributed by atoms with van der Waals surface area (Å²) in [6.45, 7) is 3.58. The number of rotatable bonds is 6. The zero-order valence-corrected chi connectivity index (χ0v) is 17.5. The van der Waals surface area contributed by atoms with Crippen LogP contribution in [0.2, 0.25) is 0 Å². The molecule has 0 amide bonds. The van der Waals surface area contributed by atoms with Crippen molar-refractivity contribution >= 4 is 5.95 Å².